The molecule has 2 aromatic carbocycles. The molecule has 2 aromatic rings. The van der Waals surface area contributed by atoms with Gasteiger partial charge in [-0.15, -0.1) is 0 Å². The van der Waals surface area contributed by atoms with Gasteiger partial charge in [0.05, 0.1) is 7.11 Å². The highest BCUT2D eigenvalue weighted by molar-refractivity contribution is 6.30. The normalized spacial score (nSPS) is 14.2. The van der Waals surface area contributed by atoms with Gasteiger partial charge in [0.2, 0.25) is 6.79 Å². The Bertz CT molecular complexity index is 622. The summed E-state index contributed by atoms with van der Waals surface area (Å²) in [5.41, 5.74) is 2.24. The van der Waals surface area contributed by atoms with Crippen molar-refractivity contribution in [3.8, 4) is 17.2 Å². The zero-order chi connectivity index (χ0) is 14.1. The van der Waals surface area contributed by atoms with Crippen molar-refractivity contribution in [1.82, 2.24) is 0 Å². The van der Waals surface area contributed by atoms with E-state index in [1.807, 2.05) is 36.4 Å². The molecule has 3 nitrogen and oxygen atoms in total. The molecule has 0 spiro atoms. The van der Waals surface area contributed by atoms with Crippen LogP contribution in [-0.4, -0.2) is 13.9 Å². The average molecular weight is 291 g/mol. The van der Waals surface area contributed by atoms with E-state index in [1.165, 1.54) is 5.56 Å². The van der Waals surface area contributed by atoms with Crippen molar-refractivity contribution in [3.63, 3.8) is 0 Å². The minimum atomic E-state index is 0.178. The summed E-state index contributed by atoms with van der Waals surface area (Å²) in [4.78, 5) is 0. The van der Waals surface area contributed by atoms with Crippen molar-refractivity contribution in [3.05, 3.63) is 52.5 Å². The minimum absolute atomic E-state index is 0.178. The summed E-state index contributed by atoms with van der Waals surface area (Å²) in [6, 6.07) is 11.7. The lowest BCUT2D eigenvalue weighted by Crippen LogP contribution is -1.99. The van der Waals surface area contributed by atoms with Gasteiger partial charge >= 0.3 is 0 Å². The molecule has 0 bridgehead atoms. The second-order valence-corrected chi connectivity index (χ2v) is 5.16. The fraction of sp³-hybridized carbons (Fsp3) is 0.250. The number of fused-ring (bicyclic) bond motifs is 1. The number of hydrogen-bond acceptors (Lipinski definition) is 3. The largest absolute Gasteiger partial charge is 0.496 e. The van der Waals surface area contributed by atoms with Gasteiger partial charge in [-0.3, -0.25) is 0 Å². The molecule has 0 fully saturated rings. The maximum absolute atomic E-state index is 5.94. The van der Waals surface area contributed by atoms with E-state index in [0.29, 0.717) is 0 Å². The molecule has 0 saturated carbocycles. The molecule has 0 unspecified atom stereocenters. The Morgan fingerprint density at radius 2 is 1.75 bits per heavy atom. The van der Waals surface area contributed by atoms with Crippen LogP contribution in [0.15, 0.2) is 36.4 Å². The Morgan fingerprint density at radius 1 is 1.10 bits per heavy atom. The van der Waals surface area contributed by atoms with E-state index in [-0.39, 0.29) is 12.7 Å². The summed E-state index contributed by atoms with van der Waals surface area (Å²) < 4.78 is 16.3. The third-order valence-electron chi connectivity index (χ3n) is 3.56. The lowest BCUT2D eigenvalue weighted by atomic mass is 9.92. The highest BCUT2D eigenvalue weighted by Gasteiger charge is 2.21. The fourth-order valence-electron chi connectivity index (χ4n) is 2.39. The van der Waals surface area contributed by atoms with E-state index < -0.39 is 0 Å². The zero-order valence-electron chi connectivity index (χ0n) is 11.4. The van der Waals surface area contributed by atoms with Crippen LogP contribution in [0.2, 0.25) is 5.02 Å². The van der Waals surface area contributed by atoms with Gasteiger partial charge in [-0.1, -0.05) is 30.7 Å². The van der Waals surface area contributed by atoms with Gasteiger partial charge in [0.15, 0.2) is 11.5 Å². The van der Waals surface area contributed by atoms with E-state index in [0.717, 1.165) is 27.8 Å². The van der Waals surface area contributed by atoms with Gasteiger partial charge in [0.1, 0.15) is 5.75 Å². The first-order valence-electron chi connectivity index (χ1n) is 6.42. The lowest BCUT2D eigenvalue weighted by Gasteiger charge is -2.17. The SMILES string of the molecule is COc1cc2c(cc1[C@@H](C)c1ccc(Cl)cc1)OCO2. The first-order valence-corrected chi connectivity index (χ1v) is 6.80. The van der Waals surface area contributed by atoms with Gasteiger partial charge in [-0.25, -0.2) is 0 Å². The Labute approximate surface area is 123 Å². The summed E-state index contributed by atoms with van der Waals surface area (Å²) in [5, 5.41) is 0.735. The third-order valence-corrected chi connectivity index (χ3v) is 3.81. The van der Waals surface area contributed by atoms with Crippen molar-refractivity contribution < 1.29 is 14.2 Å². The van der Waals surface area contributed by atoms with Gasteiger partial charge in [0, 0.05) is 22.6 Å². The molecule has 3 rings (SSSR count). The van der Waals surface area contributed by atoms with Crippen LogP contribution in [0, 0.1) is 0 Å². The number of ether oxygens (including phenoxy) is 3. The average Bonchev–Trinajstić information content (AvgIpc) is 2.93. The number of methoxy groups -OCH3 is 1. The fourth-order valence-corrected chi connectivity index (χ4v) is 2.51. The summed E-state index contributed by atoms with van der Waals surface area (Å²) in [7, 11) is 1.66. The summed E-state index contributed by atoms with van der Waals surface area (Å²) in [6.07, 6.45) is 0. The highest BCUT2D eigenvalue weighted by atomic mass is 35.5. The standard InChI is InChI=1S/C16H15ClO3/c1-10(11-3-5-12(17)6-4-11)13-7-15-16(20-9-19-15)8-14(13)18-2/h3-8,10H,9H2,1-2H3/t10-/m0/s1. The molecule has 0 radical (unpaired) electrons. The first-order chi connectivity index (χ1) is 9.69. The molecule has 0 aromatic heterocycles. The van der Waals surface area contributed by atoms with Crippen LogP contribution >= 0.6 is 11.6 Å². The number of halogens is 1. The number of hydrogen-bond donors (Lipinski definition) is 0. The van der Waals surface area contributed by atoms with E-state index in [4.69, 9.17) is 25.8 Å². The van der Waals surface area contributed by atoms with E-state index in [1.54, 1.807) is 7.11 Å². The van der Waals surface area contributed by atoms with Crippen molar-refractivity contribution in [2.24, 2.45) is 0 Å². The van der Waals surface area contributed by atoms with Crippen molar-refractivity contribution in [2.75, 3.05) is 13.9 Å². The predicted octanol–water partition coefficient (Wildman–Crippen LogP) is 4.23. The highest BCUT2D eigenvalue weighted by Crippen LogP contribution is 2.42. The summed E-state index contributed by atoms with van der Waals surface area (Å²) in [6.45, 7) is 2.39. The summed E-state index contributed by atoms with van der Waals surface area (Å²) >= 11 is 5.94. The zero-order valence-corrected chi connectivity index (χ0v) is 12.1. The van der Waals surface area contributed by atoms with E-state index in [9.17, 15) is 0 Å². The second-order valence-electron chi connectivity index (χ2n) is 4.72. The molecule has 1 heterocycles. The van der Waals surface area contributed by atoms with Crippen molar-refractivity contribution in [2.45, 2.75) is 12.8 Å². The number of benzene rings is 2. The summed E-state index contributed by atoms with van der Waals surface area (Å²) in [5.74, 6) is 2.48. The predicted molar refractivity (Wildman–Crippen MR) is 78.1 cm³/mol. The van der Waals surface area contributed by atoms with Crippen LogP contribution in [-0.2, 0) is 0 Å². The molecule has 1 aliphatic rings. The molecule has 104 valence electrons. The van der Waals surface area contributed by atoms with E-state index in [2.05, 4.69) is 6.92 Å². The van der Waals surface area contributed by atoms with Crippen LogP contribution in [0.1, 0.15) is 24.0 Å². The molecular weight excluding hydrogens is 276 g/mol. The topological polar surface area (TPSA) is 27.7 Å². The quantitative estimate of drug-likeness (QED) is 0.847. The van der Waals surface area contributed by atoms with Gasteiger partial charge in [-0.05, 0) is 23.8 Å². The van der Waals surface area contributed by atoms with Crippen LogP contribution < -0.4 is 14.2 Å². The van der Waals surface area contributed by atoms with Crippen LogP contribution in [0.3, 0.4) is 0 Å². The van der Waals surface area contributed by atoms with Crippen molar-refractivity contribution >= 4 is 11.6 Å². The minimum Gasteiger partial charge on any atom is -0.496 e. The van der Waals surface area contributed by atoms with E-state index >= 15 is 0 Å². The smallest absolute Gasteiger partial charge is 0.231 e. The van der Waals surface area contributed by atoms with Crippen LogP contribution in [0.4, 0.5) is 0 Å². The Morgan fingerprint density at radius 3 is 2.40 bits per heavy atom. The lowest BCUT2D eigenvalue weighted by molar-refractivity contribution is 0.174. The Balaban J connectivity index is 2.02. The molecular formula is C16H15ClO3. The molecule has 0 saturated heterocycles. The van der Waals surface area contributed by atoms with Gasteiger partial charge in [0.25, 0.3) is 0 Å². The molecule has 1 atom stereocenters. The molecule has 4 heteroatoms. The third kappa shape index (κ3) is 2.29. The molecule has 0 aliphatic carbocycles. The maximum atomic E-state index is 5.94. The monoisotopic (exact) mass is 290 g/mol. The van der Waals surface area contributed by atoms with Crippen LogP contribution in [0.25, 0.3) is 0 Å². The van der Waals surface area contributed by atoms with Crippen molar-refractivity contribution in [1.29, 1.82) is 0 Å². The molecule has 1 aliphatic heterocycles. The number of rotatable bonds is 3. The van der Waals surface area contributed by atoms with Gasteiger partial charge < -0.3 is 14.2 Å². The Kier molecular flexibility index (Phi) is 3.45. The first kappa shape index (κ1) is 13.1. The second kappa shape index (κ2) is 5.25. The molecule has 0 N–H and O–H groups in total. The van der Waals surface area contributed by atoms with Crippen LogP contribution in [0.5, 0.6) is 17.2 Å². The maximum Gasteiger partial charge on any atom is 0.231 e. The molecule has 20 heavy (non-hydrogen) atoms. The molecule has 0 amide bonds. The van der Waals surface area contributed by atoms with Gasteiger partial charge in [-0.2, -0.15) is 0 Å². The Hall–Kier alpha value is -1.87.